The number of esters is 1. The molecule has 42 heavy (non-hydrogen) atoms. The summed E-state index contributed by atoms with van der Waals surface area (Å²) in [7, 11) is 0. The van der Waals surface area contributed by atoms with Crippen LogP contribution in [0.15, 0.2) is 22.4 Å². The zero-order chi connectivity index (χ0) is 30.8. The van der Waals surface area contributed by atoms with Crippen LogP contribution in [0.5, 0.6) is 5.75 Å². The highest BCUT2D eigenvalue weighted by Crippen LogP contribution is 2.47. The molecule has 0 bridgehead atoms. The Morgan fingerprint density at radius 2 is 1.19 bits per heavy atom. The zero-order valence-corrected chi connectivity index (χ0v) is 29.2. The number of ether oxygens (including phenoxy) is 1. The molecule has 0 fully saturated rings. The van der Waals surface area contributed by atoms with Crippen molar-refractivity contribution in [3.05, 3.63) is 34.6 Å². The molecule has 5 nitrogen and oxygen atoms in total. The van der Waals surface area contributed by atoms with Crippen LogP contribution in [0.3, 0.4) is 0 Å². The van der Waals surface area contributed by atoms with Crippen LogP contribution >= 0.6 is 23.5 Å². The van der Waals surface area contributed by atoms with E-state index < -0.39 is 5.92 Å². The molecule has 2 heterocycles. The number of hydrogen-bond acceptors (Lipinski definition) is 7. The van der Waals surface area contributed by atoms with Gasteiger partial charge in [-0.2, -0.15) is 4.98 Å². The van der Waals surface area contributed by atoms with Crippen molar-refractivity contribution in [3.63, 3.8) is 0 Å². The van der Waals surface area contributed by atoms with Crippen LogP contribution in [0.25, 0.3) is 0 Å². The van der Waals surface area contributed by atoms with E-state index in [0.29, 0.717) is 11.6 Å². The minimum absolute atomic E-state index is 0.0688. The maximum atomic E-state index is 13.5. The fraction of sp³-hybridized carbons (Fsp3) is 0.714. The summed E-state index contributed by atoms with van der Waals surface area (Å²) < 4.78 is 6.02. The lowest BCUT2D eigenvalue weighted by atomic mass is 9.78. The summed E-state index contributed by atoms with van der Waals surface area (Å²) >= 11 is 3.39. The van der Waals surface area contributed by atoms with Crippen LogP contribution < -0.4 is 4.74 Å². The SMILES string of the molecule is CCCCCCCCSc1nc(SCCCCCCCC)nc(C2C(=O)Oc3c2cc(C(C)(C)C)cc3C(C)(C)C)n1. The number of aromatic nitrogens is 3. The van der Waals surface area contributed by atoms with Crippen molar-refractivity contribution in [2.24, 2.45) is 0 Å². The monoisotopic (exact) mass is 613 g/mol. The Morgan fingerprint density at radius 1 is 0.690 bits per heavy atom. The zero-order valence-electron chi connectivity index (χ0n) is 27.6. The number of unbranched alkanes of at least 4 members (excludes halogenated alkanes) is 10. The van der Waals surface area contributed by atoms with Crippen molar-refractivity contribution in [2.45, 2.75) is 160 Å². The Morgan fingerprint density at radius 3 is 1.67 bits per heavy atom. The third-order valence-electron chi connectivity index (χ3n) is 7.87. The lowest BCUT2D eigenvalue weighted by Gasteiger charge is -2.27. The molecule has 234 valence electrons. The summed E-state index contributed by atoms with van der Waals surface area (Å²) in [6.45, 7) is 17.7. The molecule has 1 atom stereocenters. The number of hydrogen-bond donors (Lipinski definition) is 0. The second-order valence-corrected chi connectivity index (χ2v) is 15.9. The van der Waals surface area contributed by atoms with Crippen molar-refractivity contribution in [2.75, 3.05) is 11.5 Å². The highest BCUT2D eigenvalue weighted by atomic mass is 32.2. The van der Waals surface area contributed by atoms with Crippen LogP contribution in [0.4, 0.5) is 0 Å². The number of fused-ring (bicyclic) bond motifs is 1. The third kappa shape index (κ3) is 10.2. The van der Waals surface area contributed by atoms with Gasteiger partial charge in [0.15, 0.2) is 16.1 Å². The van der Waals surface area contributed by atoms with Gasteiger partial charge in [-0.1, -0.05) is 155 Å². The average molecular weight is 614 g/mol. The molecule has 0 amide bonds. The topological polar surface area (TPSA) is 65.0 Å². The van der Waals surface area contributed by atoms with Crippen molar-refractivity contribution in [1.82, 2.24) is 15.0 Å². The summed E-state index contributed by atoms with van der Waals surface area (Å²) in [5.74, 6) is 2.25. The fourth-order valence-corrected chi connectivity index (χ4v) is 6.94. The van der Waals surface area contributed by atoms with Gasteiger partial charge in [-0.15, -0.1) is 0 Å². The van der Waals surface area contributed by atoms with Gasteiger partial charge in [0.25, 0.3) is 0 Å². The number of rotatable bonds is 17. The van der Waals surface area contributed by atoms with Gasteiger partial charge in [-0.05, 0) is 29.2 Å². The van der Waals surface area contributed by atoms with Crippen molar-refractivity contribution in [3.8, 4) is 5.75 Å². The molecule has 3 rings (SSSR count). The molecule has 0 saturated heterocycles. The average Bonchev–Trinajstić information content (AvgIpc) is 3.26. The standard InChI is InChI=1S/C35H55N3O2S2/c1-9-11-13-15-17-19-21-41-32-36-30(37-33(38-32)42-22-20-18-16-14-12-10-2)28-26-23-25(34(3,4)5)24-27(35(6,7)8)29(26)40-31(28)39/h23-24,28H,9-22H2,1-8H3. The molecule has 1 aromatic heterocycles. The van der Waals surface area contributed by atoms with E-state index in [1.807, 2.05) is 0 Å². The molecule has 1 aliphatic heterocycles. The van der Waals surface area contributed by atoms with Crippen LogP contribution in [0.1, 0.15) is 161 Å². The highest BCUT2D eigenvalue weighted by molar-refractivity contribution is 7.99. The quantitative estimate of drug-likeness (QED) is 0.0761. The maximum absolute atomic E-state index is 13.5. The van der Waals surface area contributed by atoms with E-state index in [1.165, 1.54) is 69.8 Å². The Hall–Kier alpha value is -1.60. The maximum Gasteiger partial charge on any atom is 0.326 e. The second-order valence-electron chi connectivity index (χ2n) is 13.8. The van der Waals surface area contributed by atoms with Gasteiger partial charge in [-0.3, -0.25) is 4.79 Å². The summed E-state index contributed by atoms with van der Waals surface area (Å²) in [6, 6.07) is 4.36. The normalized spacial score (nSPS) is 15.2. The molecule has 7 heteroatoms. The lowest BCUT2D eigenvalue weighted by molar-refractivity contribution is -0.133. The van der Waals surface area contributed by atoms with Crippen molar-refractivity contribution in [1.29, 1.82) is 0 Å². The van der Waals surface area contributed by atoms with Crippen LogP contribution in [0, 0.1) is 0 Å². The Balaban J connectivity index is 1.88. The predicted octanol–water partition coefficient (Wildman–Crippen LogP) is 10.4. The van der Waals surface area contributed by atoms with Gasteiger partial charge in [0.1, 0.15) is 11.7 Å². The van der Waals surface area contributed by atoms with Gasteiger partial charge in [-0.25, -0.2) is 9.97 Å². The smallest absolute Gasteiger partial charge is 0.326 e. The lowest BCUT2D eigenvalue weighted by Crippen LogP contribution is -2.18. The summed E-state index contributed by atoms with van der Waals surface area (Å²) in [6.07, 6.45) is 15.1. The first kappa shape index (κ1) is 34.9. The molecule has 1 aromatic carbocycles. The summed E-state index contributed by atoms with van der Waals surface area (Å²) in [4.78, 5) is 28.2. The first-order valence-corrected chi connectivity index (χ1v) is 18.3. The number of carbonyl (C=O) groups is 1. The molecule has 1 unspecified atom stereocenters. The van der Waals surface area contributed by atoms with Gasteiger partial charge < -0.3 is 4.74 Å². The number of nitrogens with zero attached hydrogens (tertiary/aromatic N) is 3. The second kappa shape index (κ2) is 16.5. The molecule has 2 aromatic rings. The predicted molar refractivity (Wildman–Crippen MR) is 179 cm³/mol. The molecule has 1 aliphatic rings. The van der Waals surface area contributed by atoms with E-state index in [9.17, 15) is 4.79 Å². The van der Waals surface area contributed by atoms with Crippen LogP contribution in [-0.2, 0) is 15.6 Å². The van der Waals surface area contributed by atoms with Crippen LogP contribution in [0.2, 0.25) is 0 Å². The molecular formula is C35H55N3O2S2. The van der Waals surface area contributed by atoms with E-state index in [2.05, 4.69) is 67.5 Å². The first-order valence-electron chi connectivity index (χ1n) is 16.4. The Labute approximate surface area is 264 Å². The summed E-state index contributed by atoms with van der Waals surface area (Å²) in [5.41, 5.74) is 2.91. The molecule has 0 saturated carbocycles. The largest absolute Gasteiger partial charge is 0.425 e. The number of carbonyl (C=O) groups excluding carboxylic acids is 1. The van der Waals surface area contributed by atoms with Gasteiger partial charge in [0.05, 0.1) is 0 Å². The minimum Gasteiger partial charge on any atom is -0.425 e. The van der Waals surface area contributed by atoms with E-state index >= 15 is 0 Å². The Bertz CT molecular complexity index is 1120. The fourth-order valence-electron chi connectivity index (χ4n) is 5.20. The number of thioether (sulfide) groups is 2. The molecular weight excluding hydrogens is 559 g/mol. The van der Waals surface area contributed by atoms with Gasteiger partial charge in [0.2, 0.25) is 0 Å². The highest BCUT2D eigenvalue weighted by Gasteiger charge is 2.41. The van der Waals surface area contributed by atoms with Crippen LogP contribution in [-0.4, -0.2) is 32.4 Å². The Kier molecular flexibility index (Phi) is 13.7. The first-order chi connectivity index (χ1) is 20.0. The molecule has 0 radical (unpaired) electrons. The van der Waals surface area contributed by atoms with E-state index in [4.69, 9.17) is 19.7 Å². The number of benzene rings is 1. The van der Waals surface area contributed by atoms with Crippen molar-refractivity contribution >= 4 is 29.5 Å². The third-order valence-corrected chi connectivity index (χ3v) is 9.74. The molecule has 0 spiro atoms. The minimum atomic E-state index is -0.631. The molecule has 0 N–H and O–H groups in total. The van der Waals surface area contributed by atoms with E-state index in [0.717, 1.165) is 45.8 Å². The van der Waals surface area contributed by atoms with Gasteiger partial charge in [0, 0.05) is 22.6 Å². The van der Waals surface area contributed by atoms with Gasteiger partial charge >= 0.3 is 5.97 Å². The summed E-state index contributed by atoms with van der Waals surface area (Å²) in [5, 5.41) is 1.45. The van der Waals surface area contributed by atoms with E-state index in [-0.39, 0.29) is 16.8 Å². The molecule has 0 aliphatic carbocycles. The van der Waals surface area contributed by atoms with Crippen molar-refractivity contribution < 1.29 is 9.53 Å². The van der Waals surface area contributed by atoms with E-state index in [1.54, 1.807) is 23.5 Å².